The highest BCUT2D eigenvalue weighted by Gasteiger charge is 2.18. The van der Waals surface area contributed by atoms with E-state index in [0.29, 0.717) is 5.75 Å². The van der Waals surface area contributed by atoms with E-state index < -0.39 is 0 Å². The molecule has 0 saturated heterocycles. The molecule has 0 aliphatic heterocycles. The number of ether oxygens (including phenoxy) is 1. The molecule has 2 N–H and O–H groups in total. The van der Waals surface area contributed by atoms with Crippen molar-refractivity contribution in [1.29, 1.82) is 0 Å². The topological polar surface area (TPSA) is 67.0 Å². The molecule has 5 heteroatoms. The molecule has 1 atom stereocenters. The van der Waals surface area contributed by atoms with Crippen LogP contribution in [-0.2, 0) is 4.79 Å². The van der Waals surface area contributed by atoms with Gasteiger partial charge in [-0.05, 0) is 41.8 Å². The number of rotatable bonds is 6. The van der Waals surface area contributed by atoms with Gasteiger partial charge in [0.2, 0.25) is 0 Å². The number of imidazole rings is 1. The lowest BCUT2D eigenvalue weighted by Crippen LogP contribution is -2.33. The second kappa shape index (κ2) is 7.96. The number of carbonyl (C=O) groups excluding carboxylic acids is 1. The van der Waals surface area contributed by atoms with E-state index in [1.807, 2.05) is 79.7 Å². The van der Waals surface area contributed by atoms with Gasteiger partial charge in [-0.15, -0.1) is 0 Å². The van der Waals surface area contributed by atoms with Crippen molar-refractivity contribution in [2.75, 3.05) is 6.61 Å². The molecule has 0 unspecified atom stereocenters. The van der Waals surface area contributed by atoms with Crippen LogP contribution < -0.4 is 10.1 Å². The second-order valence-corrected chi connectivity index (χ2v) is 6.64. The number of amides is 1. The first kappa shape index (κ1) is 17.8. The Morgan fingerprint density at radius 3 is 2.64 bits per heavy atom. The highest BCUT2D eigenvalue weighted by atomic mass is 16.5. The number of hydrogen-bond acceptors (Lipinski definition) is 3. The smallest absolute Gasteiger partial charge is 0.258 e. The van der Waals surface area contributed by atoms with Crippen molar-refractivity contribution in [3.8, 4) is 5.75 Å². The summed E-state index contributed by atoms with van der Waals surface area (Å²) in [5.41, 5.74) is 4.81. The summed E-state index contributed by atoms with van der Waals surface area (Å²) < 4.78 is 5.70. The number of nitrogens with zero attached hydrogens (tertiary/aromatic N) is 1. The lowest BCUT2D eigenvalue weighted by Gasteiger charge is -2.20. The SMILES string of the molecule is Cc1ccccc1OCC(=O)N[C@@H](c1ccccc1)c1ccc2nc[nH]c2c1. The summed E-state index contributed by atoms with van der Waals surface area (Å²) in [6, 6.07) is 23.2. The van der Waals surface area contributed by atoms with Gasteiger partial charge in [-0.3, -0.25) is 4.79 Å². The number of carbonyl (C=O) groups is 1. The van der Waals surface area contributed by atoms with Crippen LogP contribution in [0.25, 0.3) is 11.0 Å². The monoisotopic (exact) mass is 371 g/mol. The lowest BCUT2D eigenvalue weighted by atomic mass is 9.98. The lowest BCUT2D eigenvalue weighted by molar-refractivity contribution is -0.123. The zero-order valence-electron chi connectivity index (χ0n) is 15.6. The van der Waals surface area contributed by atoms with Crippen LogP contribution >= 0.6 is 0 Å². The average molecular weight is 371 g/mol. The number of aryl methyl sites for hydroxylation is 1. The van der Waals surface area contributed by atoms with Crippen LogP contribution in [0.1, 0.15) is 22.7 Å². The fourth-order valence-corrected chi connectivity index (χ4v) is 3.20. The number of benzene rings is 3. The molecule has 4 rings (SSSR count). The Balaban J connectivity index is 1.55. The van der Waals surface area contributed by atoms with Crippen LogP contribution in [0, 0.1) is 6.92 Å². The van der Waals surface area contributed by atoms with Gasteiger partial charge in [0, 0.05) is 0 Å². The molecule has 4 aromatic rings. The number of nitrogens with one attached hydrogen (secondary N) is 2. The van der Waals surface area contributed by atoms with Crippen LogP contribution in [0.4, 0.5) is 0 Å². The highest BCUT2D eigenvalue weighted by molar-refractivity contribution is 5.79. The van der Waals surface area contributed by atoms with E-state index in [2.05, 4.69) is 15.3 Å². The van der Waals surface area contributed by atoms with Gasteiger partial charge in [-0.1, -0.05) is 54.6 Å². The van der Waals surface area contributed by atoms with Crippen LogP contribution in [0.5, 0.6) is 5.75 Å². The summed E-state index contributed by atoms with van der Waals surface area (Å²) in [4.78, 5) is 20.0. The van der Waals surface area contributed by atoms with Gasteiger partial charge in [0.1, 0.15) is 5.75 Å². The van der Waals surface area contributed by atoms with Crippen molar-refractivity contribution in [3.63, 3.8) is 0 Å². The maximum atomic E-state index is 12.6. The molecule has 5 nitrogen and oxygen atoms in total. The summed E-state index contributed by atoms with van der Waals surface area (Å²) in [5.74, 6) is 0.537. The van der Waals surface area contributed by atoms with E-state index >= 15 is 0 Å². The summed E-state index contributed by atoms with van der Waals surface area (Å²) in [7, 11) is 0. The Hall–Kier alpha value is -3.60. The summed E-state index contributed by atoms with van der Waals surface area (Å²) in [5, 5.41) is 3.10. The van der Waals surface area contributed by atoms with E-state index in [9.17, 15) is 4.79 Å². The number of aromatic nitrogens is 2. The maximum absolute atomic E-state index is 12.6. The molecule has 1 aromatic heterocycles. The number of aromatic amines is 1. The van der Waals surface area contributed by atoms with Gasteiger partial charge in [-0.2, -0.15) is 0 Å². The molecule has 28 heavy (non-hydrogen) atoms. The summed E-state index contributed by atoms with van der Waals surface area (Å²) in [6.45, 7) is 1.92. The normalized spacial score (nSPS) is 11.9. The first-order valence-electron chi connectivity index (χ1n) is 9.16. The predicted molar refractivity (Wildman–Crippen MR) is 109 cm³/mol. The van der Waals surface area contributed by atoms with Crippen molar-refractivity contribution >= 4 is 16.9 Å². The molecule has 1 amide bonds. The molecule has 0 bridgehead atoms. The number of para-hydroxylation sites is 1. The first-order chi connectivity index (χ1) is 13.7. The minimum absolute atomic E-state index is 0.0412. The standard InChI is InChI=1S/C23H21N3O2/c1-16-7-5-6-10-21(16)28-14-22(27)26-23(17-8-3-2-4-9-17)18-11-12-19-20(13-18)25-15-24-19/h2-13,15,23H,14H2,1H3,(H,24,25)(H,26,27)/t23-/m0/s1. The second-order valence-electron chi connectivity index (χ2n) is 6.64. The number of H-pyrrole nitrogens is 1. The fraction of sp³-hybridized carbons (Fsp3) is 0.130. The Bertz CT molecular complexity index is 1090. The summed E-state index contributed by atoms with van der Waals surface area (Å²) in [6.07, 6.45) is 1.67. The minimum Gasteiger partial charge on any atom is -0.484 e. The molecular formula is C23H21N3O2. The van der Waals surface area contributed by atoms with Crippen LogP contribution in [-0.4, -0.2) is 22.5 Å². The molecule has 3 aromatic carbocycles. The minimum atomic E-state index is -0.276. The van der Waals surface area contributed by atoms with Crippen LogP contribution in [0.15, 0.2) is 79.1 Å². The van der Waals surface area contributed by atoms with Gasteiger partial charge >= 0.3 is 0 Å². The van der Waals surface area contributed by atoms with Crippen LogP contribution in [0.3, 0.4) is 0 Å². The van der Waals surface area contributed by atoms with E-state index in [4.69, 9.17) is 4.74 Å². The zero-order valence-corrected chi connectivity index (χ0v) is 15.6. The molecule has 0 radical (unpaired) electrons. The molecule has 1 heterocycles. The van der Waals surface area contributed by atoms with Crippen LogP contribution in [0.2, 0.25) is 0 Å². The Morgan fingerprint density at radius 1 is 1.04 bits per heavy atom. The number of hydrogen-bond donors (Lipinski definition) is 2. The molecular weight excluding hydrogens is 350 g/mol. The average Bonchev–Trinajstić information content (AvgIpc) is 3.20. The van der Waals surface area contributed by atoms with Gasteiger partial charge in [0.25, 0.3) is 5.91 Å². The molecule has 0 saturated carbocycles. The Labute approximate surface area is 163 Å². The predicted octanol–water partition coefficient (Wildman–Crippen LogP) is 4.16. The largest absolute Gasteiger partial charge is 0.484 e. The first-order valence-corrected chi connectivity index (χ1v) is 9.16. The van der Waals surface area contributed by atoms with E-state index in [0.717, 1.165) is 27.7 Å². The van der Waals surface area contributed by atoms with Crippen molar-refractivity contribution in [1.82, 2.24) is 15.3 Å². The third kappa shape index (κ3) is 3.88. The number of fused-ring (bicyclic) bond motifs is 1. The molecule has 0 aliphatic rings. The third-order valence-electron chi connectivity index (χ3n) is 4.67. The van der Waals surface area contributed by atoms with Gasteiger partial charge in [0.05, 0.1) is 23.4 Å². The maximum Gasteiger partial charge on any atom is 0.258 e. The van der Waals surface area contributed by atoms with E-state index in [-0.39, 0.29) is 18.6 Å². The zero-order chi connectivity index (χ0) is 19.3. The van der Waals surface area contributed by atoms with Gasteiger partial charge in [0.15, 0.2) is 6.61 Å². The van der Waals surface area contributed by atoms with E-state index in [1.54, 1.807) is 6.33 Å². The molecule has 0 spiro atoms. The van der Waals surface area contributed by atoms with Gasteiger partial charge in [-0.25, -0.2) is 4.98 Å². The molecule has 140 valence electrons. The Kier molecular flexibility index (Phi) is 5.06. The highest BCUT2D eigenvalue weighted by Crippen LogP contribution is 2.24. The van der Waals surface area contributed by atoms with Crippen molar-refractivity contribution in [2.24, 2.45) is 0 Å². The van der Waals surface area contributed by atoms with E-state index in [1.165, 1.54) is 0 Å². The molecule has 0 aliphatic carbocycles. The Morgan fingerprint density at radius 2 is 1.82 bits per heavy atom. The fourth-order valence-electron chi connectivity index (χ4n) is 3.20. The van der Waals surface area contributed by atoms with Crippen molar-refractivity contribution in [3.05, 3.63) is 95.8 Å². The third-order valence-corrected chi connectivity index (χ3v) is 4.67. The summed E-state index contributed by atoms with van der Waals surface area (Å²) >= 11 is 0. The van der Waals surface area contributed by atoms with Crippen molar-refractivity contribution in [2.45, 2.75) is 13.0 Å². The quantitative estimate of drug-likeness (QED) is 0.535. The van der Waals surface area contributed by atoms with Gasteiger partial charge < -0.3 is 15.0 Å². The van der Waals surface area contributed by atoms with Crippen molar-refractivity contribution < 1.29 is 9.53 Å². The molecule has 0 fully saturated rings.